The lowest BCUT2D eigenvalue weighted by atomic mass is 10.3. The molecular weight excluding hydrogens is 222 g/mol. The molecule has 0 spiro atoms. The third-order valence-electron chi connectivity index (χ3n) is 1.23. The summed E-state index contributed by atoms with van der Waals surface area (Å²) in [5, 5.41) is 3.82. The predicted octanol–water partition coefficient (Wildman–Crippen LogP) is 0.253. The summed E-state index contributed by atoms with van der Waals surface area (Å²) in [6.45, 7) is 0. The number of nitrogen functional groups attached to an aromatic ring is 1. The molecule has 0 radical (unpaired) electrons. The van der Waals surface area contributed by atoms with Crippen molar-refractivity contribution in [2.75, 3.05) is 5.73 Å². The van der Waals surface area contributed by atoms with Crippen LogP contribution in [0.4, 0.5) is 5.69 Å². The van der Waals surface area contributed by atoms with E-state index in [1.165, 1.54) is 6.21 Å². The largest absolute Gasteiger partial charge is 0.397 e. The van der Waals surface area contributed by atoms with Gasteiger partial charge in [-0.25, -0.2) is 0 Å². The quantitative estimate of drug-likeness (QED) is 0.386. The van der Waals surface area contributed by atoms with E-state index in [0.29, 0.717) is 11.4 Å². The third kappa shape index (κ3) is 4.01. The molecule has 76 valence electrons. The van der Waals surface area contributed by atoms with Crippen LogP contribution < -0.4 is 16.9 Å². The standard InChI is InChI=1S/C7H9N5S.ClH/c8-5-2-1-3-10-6(5)4-11-12-7(9)13;/h1-4H,8H2,(H3,9,12,13);1H/b11-4+;. The minimum absolute atomic E-state index is 0. The van der Waals surface area contributed by atoms with Gasteiger partial charge in [-0.15, -0.1) is 12.4 Å². The molecule has 0 saturated heterocycles. The summed E-state index contributed by atoms with van der Waals surface area (Å²) in [5.41, 5.74) is 14.3. The van der Waals surface area contributed by atoms with Crippen LogP contribution >= 0.6 is 24.6 Å². The molecule has 5 N–H and O–H groups in total. The van der Waals surface area contributed by atoms with Crippen LogP contribution in [-0.4, -0.2) is 16.3 Å². The van der Waals surface area contributed by atoms with Crippen molar-refractivity contribution in [3.8, 4) is 0 Å². The zero-order valence-electron chi connectivity index (χ0n) is 7.18. The first-order chi connectivity index (χ1) is 6.20. The second-order valence-electron chi connectivity index (χ2n) is 2.21. The number of nitrogens with zero attached hydrogens (tertiary/aromatic N) is 2. The number of aromatic nitrogens is 1. The fourth-order valence-electron chi connectivity index (χ4n) is 0.695. The molecule has 0 saturated carbocycles. The number of nitrogens with one attached hydrogen (secondary N) is 1. The Balaban J connectivity index is 0.00000169. The number of hydrogen-bond acceptors (Lipinski definition) is 4. The Morgan fingerprint density at radius 2 is 2.36 bits per heavy atom. The van der Waals surface area contributed by atoms with Gasteiger partial charge in [0.25, 0.3) is 0 Å². The van der Waals surface area contributed by atoms with Gasteiger partial charge in [0.1, 0.15) is 5.69 Å². The molecule has 5 nitrogen and oxygen atoms in total. The summed E-state index contributed by atoms with van der Waals surface area (Å²) < 4.78 is 0. The molecule has 1 heterocycles. The number of hydrazone groups is 1. The number of pyridine rings is 1. The van der Waals surface area contributed by atoms with Gasteiger partial charge >= 0.3 is 0 Å². The number of anilines is 1. The number of rotatable bonds is 2. The molecule has 7 heteroatoms. The summed E-state index contributed by atoms with van der Waals surface area (Å²) in [7, 11) is 0. The SMILES string of the molecule is Cl.NC(=S)N/N=C/c1ncccc1N. The van der Waals surface area contributed by atoms with Gasteiger partial charge in [0.2, 0.25) is 0 Å². The monoisotopic (exact) mass is 231 g/mol. The topological polar surface area (TPSA) is 89.3 Å². The van der Waals surface area contributed by atoms with E-state index in [-0.39, 0.29) is 17.5 Å². The van der Waals surface area contributed by atoms with Crippen LogP contribution in [0.1, 0.15) is 5.69 Å². The average molecular weight is 232 g/mol. The van der Waals surface area contributed by atoms with Crippen LogP contribution in [0.3, 0.4) is 0 Å². The van der Waals surface area contributed by atoms with Crippen molar-refractivity contribution in [2.24, 2.45) is 10.8 Å². The zero-order valence-corrected chi connectivity index (χ0v) is 8.81. The Labute approximate surface area is 93.0 Å². The van der Waals surface area contributed by atoms with Crippen molar-refractivity contribution in [1.82, 2.24) is 10.4 Å². The van der Waals surface area contributed by atoms with E-state index in [1.807, 2.05) is 0 Å². The Hall–Kier alpha value is -1.40. The van der Waals surface area contributed by atoms with Crippen molar-refractivity contribution < 1.29 is 0 Å². The highest BCUT2D eigenvalue weighted by Crippen LogP contribution is 2.02. The Morgan fingerprint density at radius 3 is 2.93 bits per heavy atom. The van der Waals surface area contributed by atoms with Crippen molar-refractivity contribution in [1.29, 1.82) is 0 Å². The maximum Gasteiger partial charge on any atom is 0.184 e. The molecule has 0 fully saturated rings. The molecule has 0 aliphatic carbocycles. The van der Waals surface area contributed by atoms with Gasteiger partial charge in [-0.3, -0.25) is 10.4 Å². The highest BCUT2D eigenvalue weighted by Gasteiger charge is 1.93. The first-order valence-electron chi connectivity index (χ1n) is 3.49. The number of thiocarbonyl (C=S) groups is 1. The van der Waals surface area contributed by atoms with Crippen molar-refractivity contribution in [3.63, 3.8) is 0 Å². The van der Waals surface area contributed by atoms with Crippen LogP contribution in [0.5, 0.6) is 0 Å². The fourth-order valence-corrected chi connectivity index (χ4v) is 0.748. The Bertz CT molecular complexity index is 341. The molecule has 1 aromatic heterocycles. The normalized spacial score (nSPS) is 9.43. The second-order valence-corrected chi connectivity index (χ2v) is 2.65. The highest BCUT2D eigenvalue weighted by atomic mass is 35.5. The summed E-state index contributed by atoms with van der Waals surface area (Å²) in [4.78, 5) is 3.98. The lowest BCUT2D eigenvalue weighted by Crippen LogP contribution is -2.24. The van der Waals surface area contributed by atoms with E-state index in [2.05, 4.69) is 27.7 Å². The van der Waals surface area contributed by atoms with Gasteiger partial charge < -0.3 is 11.5 Å². The molecule has 0 atom stereocenters. The molecule has 0 aromatic carbocycles. The first-order valence-corrected chi connectivity index (χ1v) is 3.90. The van der Waals surface area contributed by atoms with Gasteiger partial charge in [0.05, 0.1) is 11.9 Å². The van der Waals surface area contributed by atoms with Crippen molar-refractivity contribution in [2.45, 2.75) is 0 Å². The predicted molar refractivity (Wildman–Crippen MR) is 63.4 cm³/mol. The van der Waals surface area contributed by atoms with Crippen LogP contribution in [0.2, 0.25) is 0 Å². The van der Waals surface area contributed by atoms with Gasteiger partial charge in [-0.1, -0.05) is 0 Å². The van der Waals surface area contributed by atoms with E-state index in [1.54, 1.807) is 18.3 Å². The Morgan fingerprint density at radius 1 is 1.64 bits per heavy atom. The van der Waals surface area contributed by atoms with Crippen molar-refractivity contribution in [3.05, 3.63) is 24.0 Å². The summed E-state index contributed by atoms with van der Waals surface area (Å²) in [6, 6.07) is 3.47. The van der Waals surface area contributed by atoms with E-state index in [4.69, 9.17) is 11.5 Å². The van der Waals surface area contributed by atoms with Gasteiger partial charge in [-0.05, 0) is 24.4 Å². The molecule has 14 heavy (non-hydrogen) atoms. The molecule has 1 aromatic rings. The van der Waals surface area contributed by atoms with Crippen LogP contribution in [0.15, 0.2) is 23.4 Å². The number of halogens is 1. The van der Waals surface area contributed by atoms with Gasteiger partial charge in [0.15, 0.2) is 5.11 Å². The summed E-state index contributed by atoms with van der Waals surface area (Å²) in [6.07, 6.45) is 3.08. The fraction of sp³-hybridized carbons (Fsp3) is 0. The molecule has 0 unspecified atom stereocenters. The Kier molecular flexibility index (Phi) is 5.50. The maximum atomic E-state index is 5.59. The van der Waals surface area contributed by atoms with E-state index < -0.39 is 0 Å². The minimum Gasteiger partial charge on any atom is -0.397 e. The lowest BCUT2D eigenvalue weighted by molar-refractivity contribution is 1.04. The lowest BCUT2D eigenvalue weighted by Gasteiger charge is -1.97. The number of hydrogen-bond donors (Lipinski definition) is 3. The summed E-state index contributed by atoms with van der Waals surface area (Å²) >= 11 is 4.55. The minimum atomic E-state index is 0. The van der Waals surface area contributed by atoms with Crippen molar-refractivity contribution >= 4 is 41.6 Å². The first kappa shape index (κ1) is 12.6. The van der Waals surface area contributed by atoms with E-state index in [9.17, 15) is 0 Å². The molecule has 1 rings (SSSR count). The zero-order chi connectivity index (χ0) is 9.68. The molecular formula is C7H10ClN5S. The van der Waals surface area contributed by atoms with E-state index in [0.717, 1.165) is 0 Å². The molecule has 0 amide bonds. The molecule has 0 aliphatic rings. The van der Waals surface area contributed by atoms with Crippen LogP contribution in [-0.2, 0) is 0 Å². The maximum absolute atomic E-state index is 5.59. The smallest absolute Gasteiger partial charge is 0.184 e. The second kappa shape index (κ2) is 6.11. The third-order valence-corrected chi connectivity index (χ3v) is 1.32. The van der Waals surface area contributed by atoms with Gasteiger partial charge in [-0.2, -0.15) is 5.10 Å². The van der Waals surface area contributed by atoms with E-state index >= 15 is 0 Å². The summed E-state index contributed by atoms with van der Waals surface area (Å²) in [5.74, 6) is 0. The number of nitrogens with two attached hydrogens (primary N) is 2. The van der Waals surface area contributed by atoms with Gasteiger partial charge in [0, 0.05) is 6.20 Å². The molecule has 0 aliphatic heterocycles. The highest BCUT2D eigenvalue weighted by molar-refractivity contribution is 7.80. The average Bonchev–Trinajstić information content (AvgIpc) is 2.08. The molecule has 0 bridgehead atoms. The van der Waals surface area contributed by atoms with Crippen LogP contribution in [0, 0.1) is 0 Å². The van der Waals surface area contributed by atoms with Crippen LogP contribution in [0.25, 0.3) is 0 Å².